The van der Waals surface area contributed by atoms with Gasteiger partial charge in [0, 0.05) is 13.1 Å². The van der Waals surface area contributed by atoms with Crippen molar-refractivity contribution in [2.24, 2.45) is 5.92 Å². The standard InChI is InChI=1S/C13H20N2OS/c1-9(2)12-11(8-16)17-13(14-12)15-6-4-5-10(3)7-15/h8-10H,4-7H2,1-3H3. The van der Waals surface area contributed by atoms with Crippen LogP contribution in [-0.4, -0.2) is 24.4 Å². The molecule has 1 aromatic rings. The molecule has 0 aliphatic carbocycles. The predicted octanol–water partition coefficient (Wildman–Crippen LogP) is 3.32. The molecule has 0 radical (unpaired) electrons. The molecule has 0 bridgehead atoms. The van der Waals surface area contributed by atoms with Gasteiger partial charge in [0.1, 0.15) is 0 Å². The molecule has 94 valence electrons. The van der Waals surface area contributed by atoms with Gasteiger partial charge in [0.25, 0.3) is 0 Å². The van der Waals surface area contributed by atoms with Crippen LogP contribution < -0.4 is 4.90 Å². The minimum absolute atomic E-state index is 0.322. The first-order valence-corrected chi connectivity index (χ1v) is 7.14. The maximum atomic E-state index is 11.0. The molecule has 1 aliphatic heterocycles. The van der Waals surface area contributed by atoms with Crippen molar-refractivity contribution in [2.75, 3.05) is 18.0 Å². The molecule has 0 N–H and O–H groups in total. The van der Waals surface area contributed by atoms with Crippen molar-refractivity contribution in [3.05, 3.63) is 10.6 Å². The van der Waals surface area contributed by atoms with Gasteiger partial charge in [-0.1, -0.05) is 32.1 Å². The second-order valence-corrected chi connectivity index (χ2v) is 6.22. The molecule has 3 nitrogen and oxygen atoms in total. The number of hydrogen-bond acceptors (Lipinski definition) is 4. The van der Waals surface area contributed by atoms with Gasteiger partial charge in [-0.2, -0.15) is 0 Å². The zero-order valence-electron chi connectivity index (χ0n) is 10.8. The van der Waals surface area contributed by atoms with E-state index in [-0.39, 0.29) is 0 Å². The summed E-state index contributed by atoms with van der Waals surface area (Å²) in [7, 11) is 0. The number of carbonyl (C=O) groups is 1. The van der Waals surface area contributed by atoms with E-state index in [2.05, 4.69) is 30.7 Å². The maximum absolute atomic E-state index is 11.0. The van der Waals surface area contributed by atoms with Crippen molar-refractivity contribution < 1.29 is 4.79 Å². The van der Waals surface area contributed by atoms with Crippen LogP contribution in [0.3, 0.4) is 0 Å². The van der Waals surface area contributed by atoms with E-state index in [1.54, 1.807) is 11.3 Å². The summed E-state index contributed by atoms with van der Waals surface area (Å²) in [4.78, 5) is 18.8. The van der Waals surface area contributed by atoms with E-state index in [1.807, 2.05) is 0 Å². The highest BCUT2D eigenvalue weighted by Crippen LogP contribution is 2.31. The molecule has 1 aromatic heterocycles. The summed E-state index contributed by atoms with van der Waals surface area (Å²) >= 11 is 1.54. The SMILES string of the molecule is CC1CCCN(c2nc(C(C)C)c(C=O)s2)C1. The number of aromatic nitrogens is 1. The molecule has 2 rings (SSSR count). The van der Waals surface area contributed by atoms with E-state index in [4.69, 9.17) is 0 Å². The van der Waals surface area contributed by atoms with Gasteiger partial charge in [0.15, 0.2) is 11.4 Å². The minimum Gasteiger partial charge on any atom is -0.348 e. The molecule has 0 saturated carbocycles. The van der Waals surface area contributed by atoms with Gasteiger partial charge >= 0.3 is 0 Å². The Kier molecular flexibility index (Phi) is 3.82. The van der Waals surface area contributed by atoms with Gasteiger partial charge in [-0.3, -0.25) is 4.79 Å². The maximum Gasteiger partial charge on any atom is 0.186 e. The van der Waals surface area contributed by atoms with Crippen molar-refractivity contribution in [1.29, 1.82) is 0 Å². The normalized spacial score (nSPS) is 20.9. The first-order valence-electron chi connectivity index (χ1n) is 6.32. The lowest BCUT2D eigenvalue weighted by Crippen LogP contribution is -2.34. The lowest BCUT2D eigenvalue weighted by Gasteiger charge is -2.30. The fraction of sp³-hybridized carbons (Fsp3) is 0.692. The Morgan fingerprint density at radius 3 is 2.82 bits per heavy atom. The number of carbonyl (C=O) groups excluding carboxylic acids is 1. The van der Waals surface area contributed by atoms with Crippen molar-refractivity contribution in [3.8, 4) is 0 Å². The molecule has 0 amide bonds. The molecule has 0 spiro atoms. The Balaban J connectivity index is 2.23. The van der Waals surface area contributed by atoms with Crippen LogP contribution >= 0.6 is 11.3 Å². The van der Waals surface area contributed by atoms with Crippen molar-refractivity contribution in [3.63, 3.8) is 0 Å². The number of anilines is 1. The summed E-state index contributed by atoms with van der Waals surface area (Å²) in [6, 6.07) is 0. The summed E-state index contributed by atoms with van der Waals surface area (Å²) in [6.45, 7) is 8.61. The van der Waals surface area contributed by atoms with Gasteiger partial charge < -0.3 is 4.90 Å². The molecular formula is C13H20N2OS. The molecule has 1 unspecified atom stereocenters. The summed E-state index contributed by atoms with van der Waals surface area (Å²) in [5, 5.41) is 1.03. The van der Waals surface area contributed by atoms with Crippen molar-refractivity contribution >= 4 is 22.8 Å². The summed E-state index contributed by atoms with van der Waals surface area (Å²) in [6.07, 6.45) is 3.48. The third-order valence-electron chi connectivity index (χ3n) is 3.25. The second kappa shape index (κ2) is 5.17. The number of thiazole rings is 1. The molecule has 1 atom stereocenters. The molecule has 1 saturated heterocycles. The zero-order valence-corrected chi connectivity index (χ0v) is 11.6. The molecular weight excluding hydrogens is 232 g/mol. The predicted molar refractivity (Wildman–Crippen MR) is 72.2 cm³/mol. The van der Waals surface area contributed by atoms with E-state index in [9.17, 15) is 4.79 Å². The average Bonchev–Trinajstić information content (AvgIpc) is 2.73. The molecule has 1 fully saturated rings. The van der Waals surface area contributed by atoms with Gasteiger partial charge in [-0.25, -0.2) is 4.98 Å². The Bertz CT molecular complexity index is 400. The van der Waals surface area contributed by atoms with E-state index in [1.165, 1.54) is 12.8 Å². The highest BCUT2D eigenvalue weighted by molar-refractivity contribution is 7.17. The molecule has 17 heavy (non-hydrogen) atoms. The Hall–Kier alpha value is -0.900. The van der Waals surface area contributed by atoms with Crippen LogP contribution in [0.1, 0.15) is 54.9 Å². The first kappa shape index (κ1) is 12.6. The fourth-order valence-electron chi connectivity index (χ4n) is 2.33. The van der Waals surface area contributed by atoms with Crippen molar-refractivity contribution in [2.45, 2.75) is 39.5 Å². The Morgan fingerprint density at radius 2 is 2.29 bits per heavy atom. The second-order valence-electron chi connectivity index (χ2n) is 5.21. The van der Waals surface area contributed by atoms with Gasteiger partial charge in [-0.15, -0.1) is 0 Å². The van der Waals surface area contributed by atoms with E-state index in [0.717, 1.165) is 41.0 Å². The molecule has 2 heterocycles. The van der Waals surface area contributed by atoms with Gasteiger partial charge in [0.2, 0.25) is 0 Å². The lowest BCUT2D eigenvalue weighted by atomic mass is 10.0. The molecule has 0 aromatic carbocycles. The molecule has 1 aliphatic rings. The number of rotatable bonds is 3. The van der Waals surface area contributed by atoms with Crippen LogP contribution in [0.5, 0.6) is 0 Å². The number of nitrogens with zero attached hydrogens (tertiary/aromatic N) is 2. The van der Waals surface area contributed by atoms with Crippen molar-refractivity contribution in [1.82, 2.24) is 4.98 Å². The quantitative estimate of drug-likeness (QED) is 0.774. The van der Waals surface area contributed by atoms with Crippen LogP contribution in [0.25, 0.3) is 0 Å². The van der Waals surface area contributed by atoms with Crippen LogP contribution in [0.2, 0.25) is 0 Å². The largest absolute Gasteiger partial charge is 0.348 e. The number of aldehydes is 1. The minimum atomic E-state index is 0.322. The van der Waals surface area contributed by atoms with Crippen LogP contribution in [0, 0.1) is 5.92 Å². The smallest absolute Gasteiger partial charge is 0.186 e. The zero-order chi connectivity index (χ0) is 12.4. The average molecular weight is 252 g/mol. The Morgan fingerprint density at radius 1 is 1.53 bits per heavy atom. The third kappa shape index (κ3) is 2.68. The number of hydrogen-bond donors (Lipinski definition) is 0. The van der Waals surface area contributed by atoms with Crippen LogP contribution in [-0.2, 0) is 0 Å². The van der Waals surface area contributed by atoms with Gasteiger partial charge in [-0.05, 0) is 24.7 Å². The first-order chi connectivity index (χ1) is 8.11. The Labute approximate surface area is 107 Å². The van der Waals surface area contributed by atoms with E-state index < -0.39 is 0 Å². The third-order valence-corrected chi connectivity index (χ3v) is 4.31. The van der Waals surface area contributed by atoms with E-state index in [0.29, 0.717) is 5.92 Å². The highest BCUT2D eigenvalue weighted by atomic mass is 32.1. The monoisotopic (exact) mass is 252 g/mol. The van der Waals surface area contributed by atoms with Crippen LogP contribution in [0.4, 0.5) is 5.13 Å². The van der Waals surface area contributed by atoms with Crippen LogP contribution in [0.15, 0.2) is 0 Å². The number of piperidine rings is 1. The lowest BCUT2D eigenvalue weighted by molar-refractivity contribution is 0.112. The fourth-order valence-corrected chi connectivity index (χ4v) is 3.40. The molecule has 4 heteroatoms. The summed E-state index contributed by atoms with van der Waals surface area (Å²) in [5.74, 6) is 1.05. The van der Waals surface area contributed by atoms with Gasteiger partial charge in [0.05, 0.1) is 10.6 Å². The topological polar surface area (TPSA) is 33.2 Å². The van der Waals surface area contributed by atoms with E-state index >= 15 is 0 Å². The summed E-state index contributed by atoms with van der Waals surface area (Å²) < 4.78 is 0. The highest BCUT2D eigenvalue weighted by Gasteiger charge is 2.22. The summed E-state index contributed by atoms with van der Waals surface area (Å²) in [5.41, 5.74) is 0.957.